The van der Waals surface area contributed by atoms with Crippen LogP contribution >= 0.6 is 15.9 Å². The average Bonchev–Trinajstić information content (AvgIpc) is 2.11. The molecule has 0 amide bonds. The Hall–Kier alpha value is -0.910. The molecule has 0 fully saturated rings. The fourth-order valence-electron chi connectivity index (χ4n) is 1.08. The highest BCUT2D eigenvalue weighted by Gasteiger charge is 2.34. The van der Waals surface area contributed by atoms with Crippen molar-refractivity contribution in [1.82, 2.24) is 0 Å². The molecule has 1 rings (SSSR count). The molecule has 1 aromatic rings. The quantitative estimate of drug-likeness (QED) is 0.844. The number of benzene rings is 1. The lowest BCUT2D eigenvalue weighted by atomic mass is 10.2. The summed E-state index contributed by atoms with van der Waals surface area (Å²) in [6.45, 7) is 2.08. The number of anilines is 1. The zero-order valence-corrected chi connectivity index (χ0v) is 9.45. The maximum Gasteiger partial charge on any atom is 0.417 e. The monoisotopic (exact) mass is 283 g/mol. The molecule has 1 aromatic carbocycles. The number of halogens is 4. The van der Waals surface area contributed by atoms with Crippen LogP contribution in [0.25, 0.3) is 0 Å². The first-order valence-electron chi connectivity index (χ1n) is 4.16. The van der Waals surface area contributed by atoms with Crippen LogP contribution in [0.1, 0.15) is 12.5 Å². The molecule has 0 saturated heterocycles. The van der Waals surface area contributed by atoms with E-state index >= 15 is 0 Å². The van der Waals surface area contributed by atoms with E-state index < -0.39 is 11.7 Å². The number of nitrogens with two attached hydrogens (primary N) is 1. The first-order chi connectivity index (χ1) is 6.88. The highest BCUT2D eigenvalue weighted by atomic mass is 79.9. The number of ether oxygens (including phenoxy) is 1. The van der Waals surface area contributed by atoms with E-state index in [1.807, 2.05) is 0 Å². The van der Waals surface area contributed by atoms with Gasteiger partial charge in [0.05, 0.1) is 22.3 Å². The Bertz CT molecular complexity index is 365. The molecule has 84 valence electrons. The third kappa shape index (κ3) is 2.56. The van der Waals surface area contributed by atoms with E-state index in [9.17, 15) is 13.2 Å². The van der Waals surface area contributed by atoms with E-state index in [1.165, 1.54) is 6.07 Å². The Morgan fingerprint density at radius 3 is 2.47 bits per heavy atom. The second kappa shape index (κ2) is 4.30. The number of hydrogen-bond acceptors (Lipinski definition) is 2. The van der Waals surface area contributed by atoms with Gasteiger partial charge in [0.25, 0.3) is 0 Å². The van der Waals surface area contributed by atoms with Gasteiger partial charge in [-0.25, -0.2) is 0 Å². The number of alkyl halides is 3. The molecule has 0 atom stereocenters. The molecule has 0 bridgehead atoms. The van der Waals surface area contributed by atoms with Crippen LogP contribution in [0.2, 0.25) is 0 Å². The molecule has 15 heavy (non-hydrogen) atoms. The Balaban J connectivity index is 3.21. The first-order valence-corrected chi connectivity index (χ1v) is 4.95. The lowest BCUT2D eigenvalue weighted by Crippen LogP contribution is -2.08. The second-order valence-electron chi connectivity index (χ2n) is 2.77. The average molecular weight is 284 g/mol. The van der Waals surface area contributed by atoms with Crippen LogP contribution in [0.3, 0.4) is 0 Å². The van der Waals surface area contributed by atoms with Gasteiger partial charge < -0.3 is 10.5 Å². The molecule has 0 aliphatic carbocycles. The van der Waals surface area contributed by atoms with Gasteiger partial charge in [0.2, 0.25) is 0 Å². The van der Waals surface area contributed by atoms with Crippen molar-refractivity contribution >= 4 is 21.6 Å². The van der Waals surface area contributed by atoms with Crippen LogP contribution in [0.4, 0.5) is 18.9 Å². The summed E-state index contributed by atoms with van der Waals surface area (Å²) in [6, 6.07) is 2.15. The first kappa shape index (κ1) is 12.2. The van der Waals surface area contributed by atoms with Gasteiger partial charge in [0.15, 0.2) is 0 Å². The Labute approximate surface area is 93.3 Å². The summed E-state index contributed by atoms with van der Waals surface area (Å²) in [5.41, 5.74) is 4.66. The smallest absolute Gasteiger partial charge is 0.417 e. The van der Waals surface area contributed by atoms with Gasteiger partial charge >= 0.3 is 6.18 Å². The van der Waals surface area contributed by atoms with Crippen molar-refractivity contribution in [3.8, 4) is 5.75 Å². The summed E-state index contributed by atoms with van der Waals surface area (Å²) < 4.78 is 42.1. The largest absolute Gasteiger partial charge is 0.492 e. The highest BCUT2D eigenvalue weighted by Crippen LogP contribution is 2.41. The van der Waals surface area contributed by atoms with Crippen LogP contribution in [0.5, 0.6) is 5.75 Å². The summed E-state index contributed by atoms with van der Waals surface area (Å²) in [6.07, 6.45) is -4.42. The van der Waals surface area contributed by atoms with E-state index in [0.29, 0.717) is 6.61 Å². The standard InChI is InChI=1S/C9H9BrF3NO/c1-2-15-6-4-3-5(9(11,12)13)7(10)8(6)14/h3-4H,2,14H2,1H3. The van der Waals surface area contributed by atoms with Crippen molar-refractivity contribution in [3.05, 3.63) is 22.2 Å². The predicted octanol–water partition coefficient (Wildman–Crippen LogP) is 3.45. The Kier molecular flexibility index (Phi) is 3.49. The minimum atomic E-state index is -4.42. The van der Waals surface area contributed by atoms with Crippen molar-refractivity contribution in [2.45, 2.75) is 13.1 Å². The van der Waals surface area contributed by atoms with Crippen LogP contribution in [0, 0.1) is 0 Å². The van der Waals surface area contributed by atoms with Crippen molar-refractivity contribution in [1.29, 1.82) is 0 Å². The van der Waals surface area contributed by atoms with Crippen LogP contribution < -0.4 is 10.5 Å². The maximum absolute atomic E-state index is 12.4. The topological polar surface area (TPSA) is 35.2 Å². The van der Waals surface area contributed by atoms with Crippen LogP contribution in [-0.2, 0) is 6.18 Å². The van der Waals surface area contributed by atoms with Gasteiger partial charge in [-0.15, -0.1) is 0 Å². The zero-order valence-electron chi connectivity index (χ0n) is 7.86. The third-order valence-electron chi connectivity index (χ3n) is 1.75. The highest BCUT2D eigenvalue weighted by molar-refractivity contribution is 9.10. The molecule has 0 unspecified atom stereocenters. The normalized spacial score (nSPS) is 11.5. The summed E-state index contributed by atoms with van der Waals surface area (Å²) in [4.78, 5) is 0. The molecule has 2 nitrogen and oxygen atoms in total. The summed E-state index contributed by atoms with van der Waals surface area (Å²) >= 11 is 2.81. The van der Waals surface area contributed by atoms with Gasteiger partial charge in [-0.05, 0) is 35.0 Å². The van der Waals surface area contributed by atoms with E-state index in [2.05, 4.69) is 15.9 Å². The Morgan fingerprint density at radius 1 is 1.40 bits per heavy atom. The molecule has 6 heteroatoms. The molecule has 0 aliphatic heterocycles. The SMILES string of the molecule is CCOc1ccc(C(F)(F)F)c(Br)c1N. The van der Waals surface area contributed by atoms with Gasteiger partial charge in [-0.1, -0.05) is 0 Å². The van der Waals surface area contributed by atoms with Gasteiger partial charge in [0, 0.05) is 0 Å². The lowest BCUT2D eigenvalue weighted by Gasteiger charge is -2.13. The van der Waals surface area contributed by atoms with Crippen LogP contribution in [0.15, 0.2) is 16.6 Å². The molecule has 0 aliphatic rings. The molecule has 0 radical (unpaired) electrons. The van der Waals surface area contributed by atoms with E-state index in [1.54, 1.807) is 6.92 Å². The number of nitrogen functional groups attached to an aromatic ring is 1. The minimum Gasteiger partial charge on any atom is -0.492 e. The molecule has 0 saturated carbocycles. The van der Waals surface area contributed by atoms with Crippen LogP contribution in [-0.4, -0.2) is 6.61 Å². The maximum atomic E-state index is 12.4. The predicted molar refractivity (Wildman–Crippen MR) is 54.7 cm³/mol. The number of hydrogen-bond donors (Lipinski definition) is 1. The van der Waals surface area contributed by atoms with Gasteiger partial charge in [-0.3, -0.25) is 0 Å². The van der Waals surface area contributed by atoms with E-state index in [0.717, 1.165) is 6.07 Å². The molecular weight excluding hydrogens is 275 g/mol. The van der Waals surface area contributed by atoms with Gasteiger partial charge in [0.1, 0.15) is 5.75 Å². The van der Waals surface area contributed by atoms with Crippen molar-refractivity contribution in [2.24, 2.45) is 0 Å². The van der Waals surface area contributed by atoms with Gasteiger partial charge in [-0.2, -0.15) is 13.2 Å². The summed E-state index contributed by atoms with van der Waals surface area (Å²) in [5, 5.41) is 0. The third-order valence-corrected chi connectivity index (χ3v) is 2.60. The Morgan fingerprint density at radius 2 is 2.00 bits per heavy atom. The number of rotatable bonds is 2. The second-order valence-corrected chi connectivity index (χ2v) is 3.56. The fourth-order valence-corrected chi connectivity index (χ4v) is 1.63. The minimum absolute atomic E-state index is 0.0355. The molecular formula is C9H9BrF3NO. The lowest BCUT2D eigenvalue weighted by molar-refractivity contribution is -0.138. The van der Waals surface area contributed by atoms with Crippen molar-refractivity contribution in [2.75, 3.05) is 12.3 Å². The van der Waals surface area contributed by atoms with E-state index in [-0.39, 0.29) is 15.9 Å². The van der Waals surface area contributed by atoms with Crippen molar-refractivity contribution < 1.29 is 17.9 Å². The summed E-state index contributed by atoms with van der Waals surface area (Å²) in [5.74, 6) is 0.248. The molecule has 0 heterocycles. The van der Waals surface area contributed by atoms with E-state index in [4.69, 9.17) is 10.5 Å². The summed E-state index contributed by atoms with van der Waals surface area (Å²) in [7, 11) is 0. The molecule has 0 spiro atoms. The molecule has 0 aromatic heterocycles. The molecule has 2 N–H and O–H groups in total. The zero-order chi connectivity index (χ0) is 11.6. The van der Waals surface area contributed by atoms with Crippen molar-refractivity contribution in [3.63, 3.8) is 0 Å². The fraction of sp³-hybridized carbons (Fsp3) is 0.333.